The van der Waals surface area contributed by atoms with Crippen LogP contribution in [-0.4, -0.2) is 11.0 Å². The van der Waals surface area contributed by atoms with Gasteiger partial charge in [-0.2, -0.15) is 0 Å². The highest BCUT2D eigenvalue weighted by atomic mass is 35.5. The molecule has 0 bridgehead atoms. The van der Waals surface area contributed by atoms with Gasteiger partial charge in [-0.15, -0.1) is 0 Å². The van der Waals surface area contributed by atoms with Crippen LogP contribution < -0.4 is 10.1 Å². The second-order valence-corrected chi connectivity index (χ2v) is 6.97. The van der Waals surface area contributed by atoms with Gasteiger partial charge in [0.15, 0.2) is 5.60 Å². The van der Waals surface area contributed by atoms with Crippen molar-refractivity contribution in [1.82, 2.24) is 0 Å². The van der Waals surface area contributed by atoms with Gasteiger partial charge in [0.2, 0.25) is 0 Å². The third-order valence-electron chi connectivity index (χ3n) is 4.88. The second-order valence-electron chi connectivity index (χ2n) is 6.56. The van der Waals surface area contributed by atoms with E-state index in [1.165, 1.54) is 0 Å². The minimum absolute atomic E-state index is 0.450. The lowest BCUT2D eigenvalue weighted by molar-refractivity contribution is -0.129. The molecule has 1 unspecified atom stereocenters. The summed E-state index contributed by atoms with van der Waals surface area (Å²) in [5, 5.41) is 14.5. The Balaban J connectivity index is 1.61. The number of hydrogen-bond donors (Lipinski definition) is 2. The van der Waals surface area contributed by atoms with Crippen molar-refractivity contribution in [2.45, 2.75) is 19.1 Å². The summed E-state index contributed by atoms with van der Waals surface area (Å²) in [5.41, 5.74) is 1.61. The first-order valence-electron chi connectivity index (χ1n) is 8.61. The van der Waals surface area contributed by atoms with Gasteiger partial charge in [0.05, 0.1) is 5.69 Å². The number of rotatable bonds is 4. The molecule has 27 heavy (non-hydrogen) atoms. The maximum absolute atomic E-state index is 12.6. The summed E-state index contributed by atoms with van der Waals surface area (Å²) in [7, 11) is 0. The Morgan fingerprint density at radius 2 is 1.74 bits per heavy atom. The van der Waals surface area contributed by atoms with Gasteiger partial charge in [0, 0.05) is 10.6 Å². The molecular weight excluding hydrogens is 362 g/mol. The average molecular weight is 380 g/mol. The molecule has 0 radical (unpaired) electrons. The van der Waals surface area contributed by atoms with Crippen molar-refractivity contribution in [3.63, 3.8) is 0 Å². The minimum Gasteiger partial charge on any atom is -0.489 e. The predicted molar refractivity (Wildman–Crippen MR) is 105 cm³/mol. The van der Waals surface area contributed by atoms with E-state index in [1.807, 2.05) is 37.3 Å². The van der Waals surface area contributed by atoms with Gasteiger partial charge < -0.3 is 15.2 Å². The molecule has 3 aromatic carbocycles. The van der Waals surface area contributed by atoms with E-state index in [0.29, 0.717) is 34.2 Å². The van der Waals surface area contributed by atoms with Crippen LogP contribution in [0, 0.1) is 6.92 Å². The van der Waals surface area contributed by atoms with E-state index in [1.54, 1.807) is 36.4 Å². The molecular formula is C22H18ClNO3. The fourth-order valence-corrected chi connectivity index (χ4v) is 3.45. The smallest absolute Gasteiger partial charge is 0.265 e. The maximum Gasteiger partial charge on any atom is 0.265 e. The summed E-state index contributed by atoms with van der Waals surface area (Å²) in [6.45, 7) is 2.26. The SMILES string of the molecule is Cc1c(Cl)ccc2c1NC(=O)C2(O)c1ccc(OCc2ccccc2)cc1. The quantitative estimate of drug-likeness (QED) is 0.705. The molecule has 4 rings (SSSR count). The summed E-state index contributed by atoms with van der Waals surface area (Å²) < 4.78 is 5.77. The molecule has 1 aliphatic heterocycles. The van der Waals surface area contributed by atoms with Gasteiger partial charge in [-0.25, -0.2) is 0 Å². The van der Waals surface area contributed by atoms with Crippen molar-refractivity contribution in [2.75, 3.05) is 5.32 Å². The Labute approximate surface area is 162 Å². The zero-order valence-electron chi connectivity index (χ0n) is 14.7. The van der Waals surface area contributed by atoms with E-state index in [-0.39, 0.29) is 0 Å². The molecule has 0 aliphatic carbocycles. The maximum atomic E-state index is 12.6. The molecule has 0 saturated carbocycles. The normalized spacial score (nSPS) is 18.1. The predicted octanol–water partition coefficient (Wildman–Crippen LogP) is 4.42. The van der Waals surface area contributed by atoms with Crippen molar-refractivity contribution in [2.24, 2.45) is 0 Å². The zero-order chi connectivity index (χ0) is 19.0. The summed E-state index contributed by atoms with van der Waals surface area (Å²) >= 11 is 6.14. The van der Waals surface area contributed by atoms with Gasteiger partial charge in [-0.3, -0.25) is 4.79 Å². The van der Waals surface area contributed by atoms with Gasteiger partial charge in [0.1, 0.15) is 12.4 Å². The number of hydrogen-bond acceptors (Lipinski definition) is 3. The van der Waals surface area contributed by atoms with Crippen molar-refractivity contribution in [1.29, 1.82) is 0 Å². The Morgan fingerprint density at radius 3 is 2.44 bits per heavy atom. The summed E-state index contributed by atoms with van der Waals surface area (Å²) in [6.07, 6.45) is 0. The Morgan fingerprint density at radius 1 is 1.04 bits per heavy atom. The number of ether oxygens (including phenoxy) is 1. The summed E-state index contributed by atoms with van der Waals surface area (Å²) in [6, 6.07) is 20.2. The third kappa shape index (κ3) is 2.97. The molecule has 136 valence electrons. The Bertz CT molecular complexity index is 1000. The molecule has 1 heterocycles. The van der Waals surface area contributed by atoms with Crippen LogP contribution in [0.4, 0.5) is 5.69 Å². The van der Waals surface area contributed by atoms with Crippen LogP contribution in [-0.2, 0) is 17.0 Å². The lowest BCUT2D eigenvalue weighted by Gasteiger charge is -2.22. The Hall–Kier alpha value is -2.82. The van der Waals surface area contributed by atoms with Crippen molar-refractivity contribution in [3.05, 3.63) is 94.0 Å². The highest BCUT2D eigenvalue weighted by molar-refractivity contribution is 6.32. The summed E-state index contributed by atoms with van der Waals surface area (Å²) in [4.78, 5) is 12.6. The number of carbonyl (C=O) groups is 1. The Kier molecular flexibility index (Phi) is 4.38. The van der Waals surface area contributed by atoms with E-state index >= 15 is 0 Å². The minimum atomic E-state index is -1.75. The van der Waals surface area contributed by atoms with Crippen molar-refractivity contribution >= 4 is 23.2 Å². The fraction of sp³-hybridized carbons (Fsp3) is 0.136. The molecule has 5 heteroatoms. The van der Waals surface area contributed by atoms with Gasteiger partial charge in [-0.05, 0) is 41.8 Å². The first-order chi connectivity index (χ1) is 13.0. The standard InChI is InChI=1S/C22H18ClNO3/c1-14-19(23)12-11-18-20(14)24-21(25)22(18,26)16-7-9-17(10-8-16)27-13-15-5-3-2-4-6-15/h2-12,26H,13H2,1H3,(H,24,25). The average Bonchev–Trinajstić information content (AvgIpc) is 2.96. The molecule has 0 spiro atoms. The first kappa shape index (κ1) is 17.6. The lowest BCUT2D eigenvalue weighted by atomic mass is 9.87. The van der Waals surface area contributed by atoms with Gasteiger partial charge in [-0.1, -0.05) is 60.1 Å². The van der Waals surface area contributed by atoms with Crippen LogP contribution in [0.5, 0.6) is 5.75 Å². The number of carbonyl (C=O) groups excluding carboxylic acids is 1. The van der Waals surface area contributed by atoms with Gasteiger partial charge in [0.25, 0.3) is 5.91 Å². The van der Waals surface area contributed by atoms with Crippen LogP contribution in [0.3, 0.4) is 0 Å². The molecule has 3 aromatic rings. The van der Waals surface area contributed by atoms with E-state index in [9.17, 15) is 9.90 Å². The molecule has 0 fully saturated rings. The first-order valence-corrected chi connectivity index (χ1v) is 8.98. The topological polar surface area (TPSA) is 58.6 Å². The van der Waals surface area contributed by atoms with Crippen molar-refractivity contribution in [3.8, 4) is 5.75 Å². The molecule has 0 aromatic heterocycles. The highest BCUT2D eigenvalue weighted by Gasteiger charge is 2.47. The van der Waals surface area contributed by atoms with E-state index in [0.717, 1.165) is 11.1 Å². The number of anilines is 1. The molecule has 0 saturated heterocycles. The molecule has 2 N–H and O–H groups in total. The molecule has 1 amide bonds. The van der Waals surface area contributed by atoms with Crippen LogP contribution >= 0.6 is 11.6 Å². The van der Waals surface area contributed by atoms with Crippen LogP contribution in [0.1, 0.15) is 22.3 Å². The lowest BCUT2D eigenvalue weighted by Crippen LogP contribution is -2.35. The monoisotopic (exact) mass is 379 g/mol. The van der Waals surface area contributed by atoms with Crippen LogP contribution in [0.2, 0.25) is 5.02 Å². The summed E-state index contributed by atoms with van der Waals surface area (Å²) in [5.74, 6) is 0.179. The zero-order valence-corrected chi connectivity index (χ0v) is 15.5. The second kappa shape index (κ2) is 6.72. The van der Waals surface area contributed by atoms with E-state index in [4.69, 9.17) is 16.3 Å². The number of benzene rings is 3. The number of fused-ring (bicyclic) bond motifs is 1. The fourth-order valence-electron chi connectivity index (χ4n) is 3.29. The number of amides is 1. The van der Waals surface area contributed by atoms with E-state index in [2.05, 4.69) is 5.32 Å². The van der Waals surface area contributed by atoms with Crippen LogP contribution in [0.25, 0.3) is 0 Å². The number of aliphatic hydroxyl groups is 1. The molecule has 1 aliphatic rings. The largest absolute Gasteiger partial charge is 0.489 e. The number of nitrogens with one attached hydrogen (secondary N) is 1. The van der Waals surface area contributed by atoms with Crippen LogP contribution in [0.15, 0.2) is 66.7 Å². The molecule has 4 nitrogen and oxygen atoms in total. The van der Waals surface area contributed by atoms with Crippen molar-refractivity contribution < 1.29 is 14.6 Å². The van der Waals surface area contributed by atoms with E-state index < -0.39 is 11.5 Å². The highest BCUT2D eigenvalue weighted by Crippen LogP contribution is 2.44. The molecule has 1 atom stereocenters. The van der Waals surface area contributed by atoms with Gasteiger partial charge >= 0.3 is 0 Å². The number of halogens is 1. The third-order valence-corrected chi connectivity index (χ3v) is 5.29.